The summed E-state index contributed by atoms with van der Waals surface area (Å²) in [6.07, 6.45) is 3.17. The van der Waals surface area contributed by atoms with E-state index in [-0.39, 0.29) is 5.91 Å². The zero-order valence-corrected chi connectivity index (χ0v) is 11.2. The molecule has 2 heterocycles. The minimum Gasteiger partial charge on any atom is -0.319 e. The van der Waals surface area contributed by atoms with Gasteiger partial charge in [-0.05, 0) is 37.9 Å². The molecule has 7 heteroatoms. The predicted molar refractivity (Wildman–Crippen MR) is 66.3 cm³/mol. The Kier molecular flexibility index (Phi) is 3.22. The maximum atomic E-state index is 11.7. The molecule has 2 N–H and O–H groups in total. The average molecular weight is 351 g/mol. The van der Waals surface area contributed by atoms with Gasteiger partial charge in [-0.3, -0.25) is 9.89 Å². The number of hydrogen-bond donors (Lipinski definition) is 2. The van der Waals surface area contributed by atoms with Crippen LogP contribution in [-0.4, -0.2) is 16.1 Å². The van der Waals surface area contributed by atoms with Crippen LogP contribution < -0.4 is 5.32 Å². The van der Waals surface area contributed by atoms with Crippen LogP contribution in [0.1, 0.15) is 9.67 Å². The quantitative estimate of drug-likeness (QED) is 0.873. The van der Waals surface area contributed by atoms with E-state index in [1.54, 1.807) is 18.5 Å². The molecule has 0 spiro atoms. The second kappa shape index (κ2) is 4.46. The Morgan fingerprint density at radius 3 is 2.87 bits per heavy atom. The zero-order valence-electron chi connectivity index (χ0n) is 7.25. The molecule has 78 valence electrons. The first kappa shape index (κ1) is 10.8. The van der Waals surface area contributed by atoms with Gasteiger partial charge in [0.2, 0.25) is 0 Å². The highest BCUT2D eigenvalue weighted by atomic mass is 79.9. The van der Waals surface area contributed by atoms with Gasteiger partial charge in [0.15, 0.2) is 0 Å². The molecule has 0 saturated heterocycles. The monoisotopic (exact) mass is 349 g/mol. The van der Waals surface area contributed by atoms with Crippen LogP contribution in [0, 0.1) is 0 Å². The fraction of sp³-hybridized carbons (Fsp3) is 0. The minimum atomic E-state index is -0.146. The molecule has 2 rings (SSSR count). The van der Waals surface area contributed by atoms with E-state index in [2.05, 4.69) is 47.4 Å². The first-order valence-electron chi connectivity index (χ1n) is 3.92. The predicted octanol–water partition coefficient (Wildman–Crippen LogP) is 3.25. The standard InChI is InChI=1S/C8H5Br2N3OS/c9-5-1-6(15-7(5)10)8(14)13-4-2-11-12-3-4/h1-3H,(H,11,12)(H,13,14). The molecule has 0 aliphatic heterocycles. The summed E-state index contributed by atoms with van der Waals surface area (Å²) in [6, 6.07) is 1.77. The van der Waals surface area contributed by atoms with E-state index in [0.717, 1.165) is 8.26 Å². The Bertz CT molecular complexity index is 461. The normalized spacial score (nSPS) is 10.3. The molecule has 0 aromatic carbocycles. The van der Waals surface area contributed by atoms with Gasteiger partial charge >= 0.3 is 0 Å². The average Bonchev–Trinajstić information content (AvgIpc) is 2.78. The maximum Gasteiger partial charge on any atom is 0.265 e. The smallest absolute Gasteiger partial charge is 0.265 e. The SMILES string of the molecule is O=C(Nc1cn[nH]c1)c1cc(Br)c(Br)s1. The number of anilines is 1. The van der Waals surface area contributed by atoms with Crippen molar-refractivity contribution in [2.24, 2.45) is 0 Å². The van der Waals surface area contributed by atoms with Crippen molar-refractivity contribution >= 4 is 54.8 Å². The van der Waals surface area contributed by atoms with Gasteiger partial charge in [0.25, 0.3) is 5.91 Å². The van der Waals surface area contributed by atoms with Crippen molar-refractivity contribution in [1.29, 1.82) is 0 Å². The van der Waals surface area contributed by atoms with Crippen LogP contribution >= 0.6 is 43.2 Å². The number of carbonyl (C=O) groups excluding carboxylic acids is 1. The summed E-state index contributed by atoms with van der Waals surface area (Å²) in [4.78, 5) is 12.3. The fourth-order valence-electron chi connectivity index (χ4n) is 0.970. The van der Waals surface area contributed by atoms with Crippen molar-refractivity contribution in [1.82, 2.24) is 10.2 Å². The third-order valence-electron chi connectivity index (χ3n) is 1.63. The van der Waals surface area contributed by atoms with E-state index in [1.807, 2.05) is 0 Å². The number of H-pyrrole nitrogens is 1. The molecule has 0 unspecified atom stereocenters. The number of nitrogens with zero attached hydrogens (tertiary/aromatic N) is 1. The first-order valence-corrected chi connectivity index (χ1v) is 6.32. The number of carbonyl (C=O) groups is 1. The Hall–Kier alpha value is -0.660. The minimum absolute atomic E-state index is 0.146. The molecule has 0 radical (unpaired) electrons. The summed E-state index contributed by atoms with van der Waals surface area (Å²) >= 11 is 8.03. The molecule has 1 amide bonds. The molecular weight excluding hydrogens is 346 g/mol. The highest BCUT2D eigenvalue weighted by molar-refractivity contribution is 9.13. The van der Waals surface area contributed by atoms with Gasteiger partial charge in [-0.1, -0.05) is 0 Å². The molecular formula is C8H5Br2N3OS. The topological polar surface area (TPSA) is 57.8 Å². The number of aromatic nitrogens is 2. The summed E-state index contributed by atoms with van der Waals surface area (Å²) in [7, 11) is 0. The number of nitrogens with one attached hydrogen (secondary N) is 2. The lowest BCUT2D eigenvalue weighted by Crippen LogP contribution is -2.09. The number of rotatable bonds is 2. The van der Waals surface area contributed by atoms with Gasteiger partial charge in [-0.25, -0.2) is 0 Å². The Labute approximate surface area is 106 Å². The Morgan fingerprint density at radius 2 is 2.33 bits per heavy atom. The lowest BCUT2D eigenvalue weighted by Gasteiger charge is -1.97. The van der Waals surface area contributed by atoms with Crippen molar-refractivity contribution in [3.63, 3.8) is 0 Å². The number of hydrogen-bond acceptors (Lipinski definition) is 3. The number of thiophene rings is 1. The van der Waals surface area contributed by atoms with Gasteiger partial charge in [0.05, 0.1) is 20.5 Å². The summed E-state index contributed by atoms with van der Waals surface area (Å²) < 4.78 is 1.78. The summed E-state index contributed by atoms with van der Waals surface area (Å²) in [5, 5.41) is 9.07. The van der Waals surface area contributed by atoms with Crippen LogP contribution in [0.4, 0.5) is 5.69 Å². The molecule has 0 fully saturated rings. The van der Waals surface area contributed by atoms with Gasteiger partial charge in [-0.15, -0.1) is 11.3 Å². The highest BCUT2D eigenvalue weighted by Crippen LogP contribution is 2.32. The van der Waals surface area contributed by atoms with Crippen molar-refractivity contribution in [2.75, 3.05) is 5.32 Å². The van der Waals surface area contributed by atoms with Gasteiger partial charge in [0.1, 0.15) is 0 Å². The summed E-state index contributed by atoms with van der Waals surface area (Å²) in [5.74, 6) is -0.146. The zero-order chi connectivity index (χ0) is 10.8. The summed E-state index contributed by atoms with van der Waals surface area (Å²) in [5.41, 5.74) is 0.653. The molecule has 0 aliphatic carbocycles. The number of aromatic amines is 1. The van der Waals surface area contributed by atoms with Crippen molar-refractivity contribution in [3.05, 3.63) is 31.6 Å². The molecule has 15 heavy (non-hydrogen) atoms. The second-order valence-corrected chi connectivity index (χ2v) is 5.90. The summed E-state index contributed by atoms with van der Waals surface area (Å²) in [6.45, 7) is 0. The van der Waals surface area contributed by atoms with Crippen LogP contribution in [0.25, 0.3) is 0 Å². The lowest BCUT2D eigenvalue weighted by atomic mass is 10.4. The van der Waals surface area contributed by atoms with E-state index in [9.17, 15) is 4.79 Å². The van der Waals surface area contributed by atoms with E-state index in [4.69, 9.17) is 0 Å². The van der Waals surface area contributed by atoms with E-state index in [1.165, 1.54) is 11.3 Å². The number of amides is 1. The van der Waals surface area contributed by atoms with E-state index in [0.29, 0.717) is 10.6 Å². The second-order valence-electron chi connectivity index (χ2n) is 2.67. The van der Waals surface area contributed by atoms with Crippen LogP contribution in [0.3, 0.4) is 0 Å². The molecule has 0 saturated carbocycles. The molecule has 4 nitrogen and oxygen atoms in total. The van der Waals surface area contributed by atoms with Gasteiger partial charge in [-0.2, -0.15) is 5.10 Å². The van der Waals surface area contributed by atoms with Crippen molar-refractivity contribution in [3.8, 4) is 0 Å². The van der Waals surface area contributed by atoms with Crippen molar-refractivity contribution < 1.29 is 4.79 Å². The van der Waals surface area contributed by atoms with Gasteiger partial charge in [0, 0.05) is 10.7 Å². The number of halogens is 2. The van der Waals surface area contributed by atoms with E-state index < -0.39 is 0 Å². The maximum absolute atomic E-state index is 11.7. The molecule has 0 aliphatic rings. The third-order valence-corrected chi connectivity index (χ3v) is 4.88. The van der Waals surface area contributed by atoms with Crippen LogP contribution in [0.15, 0.2) is 26.7 Å². The Balaban J connectivity index is 2.15. The molecule has 2 aromatic heterocycles. The molecule has 0 atom stereocenters. The van der Waals surface area contributed by atoms with Gasteiger partial charge < -0.3 is 5.32 Å². The lowest BCUT2D eigenvalue weighted by molar-refractivity contribution is 0.103. The van der Waals surface area contributed by atoms with E-state index >= 15 is 0 Å². The first-order chi connectivity index (χ1) is 7.16. The largest absolute Gasteiger partial charge is 0.319 e. The molecule has 2 aromatic rings. The van der Waals surface area contributed by atoms with Crippen LogP contribution in [0.2, 0.25) is 0 Å². The van der Waals surface area contributed by atoms with Crippen LogP contribution in [0.5, 0.6) is 0 Å². The third kappa shape index (κ3) is 2.47. The molecule has 0 bridgehead atoms. The van der Waals surface area contributed by atoms with Crippen molar-refractivity contribution in [2.45, 2.75) is 0 Å². The Morgan fingerprint density at radius 1 is 1.53 bits per heavy atom. The fourth-order valence-corrected chi connectivity index (χ4v) is 2.90. The highest BCUT2D eigenvalue weighted by Gasteiger charge is 2.12. The van der Waals surface area contributed by atoms with Crippen LogP contribution in [-0.2, 0) is 0 Å².